The molecule has 16 heavy (non-hydrogen) atoms. The number of halogens is 1. The van der Waals surface area contributed by atoms with E-state index in [0.717, 1.165) is 23.6 Å². The van der Waals surface area contributed by atoms with Gasteiger partial charge in [-0.2, -0.15) is 0 Å². The summed E-state index contributed by atoms with van der Waals surface area (Å²) in [5.74, 6) is 0.801. The number of hydrogen-bond donors (Lipinski definition) is 1. The van der Waals surface area contributed by atoms with Gasteiger partial charge in [-0.25, -0.2) is 9.97 Å². The standard InChI is InChI=1S/C11H13ClN4/c1-2-7-5-16-6-9(12)15-10(11(16)14-7)13-8-3-4-8/h5-6,8H,2-4H2,1H3,(H,13,15). The Bertz CT molecular complexity index is 530. The van der Waals surface area contributed by atoms with Gasteiger partial charge in [-0.15, -0.1) is 0 Å². The van der Waals surface area contributed by atoms with Crippen molar-refractivity contribution in [3.63, 3.8) is 0 Å². The van der Waals surface area contributed by atoms with Crippen LogP contribution in [-0.4, -0.2) is 20.4 Å². The van der Waals surface area contributed by atoms with Gasteiger partial charge in [-0.3, -0.25) is 0 Å². The van der Waals surface area contributed by atoms with E-state index >= 15 is 0 Å². The normalized spacial score (nSPS) is 15.6. The third-order valence-corrected chi connectivity index (χ3v) is 2.92. The summed E-state index contributed by atoms with van der Waals surface area (Å²) in [6.07, 6.45) is 7.13. The van der Waals surface area contributed by atoms with E-state index in [1.54, 1.807) is 6.20 Å². The smallest absolute Gasteiger partial charge is 0.180 e. The van der Waals surface area contributed by atoms with Gasteiger partial charge in [0.05, 0.1) is 5.69 Å². The van der Waals surface area contributed by atoms with Crippen LogP contribution in [0.25, 0.3) is 5.65 Å². The van der Waals surface area contributed by atoms with Crippen molar-refractivity contribution in [2.24, 2.45) is 0 Å². The predicted molar refractivity (Wildman–Crippen MR) is 64.0 cm³/mol. The van der Waals surface area contributed by atoms with Gasteiger partial charge < -0.3 is 9.72 Å². The molecule has 5 heteroatoms. The first-order chi connectivity index (χ1) is 7.76. The van der Waals surface area contributed by atoms with Gasteiger partial charge in [0.25, 0.3) is 0 Å². The van der Waals surface area contributed by atoms with Crippen LogP contribution in [0.15, 0.2) is 12.4 Å². The van der Waals surface area contributed by atoms with E-state index < -0.39 is 0 Å². The molecule has 0 saturated heterocycles. The first-order valence-electron chi connectivity index (χ1n) is 5.57. The van der Waals surface area contributed by atoms with E-state index in [1.807, 2.05) is 10.6 Å². The Kier molecular flexibility index (Phi) is 2.24. The molecule has 0 aromatic carbocycles. The fourth-order valence-corrected chi connectivity index (χ4v) is 1.90. The Morgan fingerprint density at radius 2 is 2.25 bits per heavy atom. The Labute approximate surface area is 98.7 Å². The molecule has 2 aromatic rings. The second-order valence-electron chi connectivity index (χ2n) is 4.15. The van der Waals surface area contributed by atoms with Gasteiger partial charge >= 0.3 is 0 Å². The number of nitrogens with zero attached hydrogens (tertiary/aromatic N) is 3. The lowest BCUT2D eigenvalue weighted by Gasteiger charge is -2.05. The molecule has 4 nitrogen and oxygen atoms in total. The Hall–Kier alpha value is -1.29. The molecule has 0 aliphatic heterocycles. The highest BCUT2D eigenvalue weighted by Crippen LogP contribution is 2.26. The minimum atomic E-state index is 0.496. The van der Waals surface area contributed by atoms with Crippen molar-refractivity contribution in [3.8, 4) is 0 Å². The van der Waals surface area contributed by atoms with Gasteiger partial charge in [-0.1, -0.05) is 18.5 Å². The first kappa shape index (κ1) is 9.90. The summed E-state index contributed by atoms with van der Waals surface area (Å²) in [5, 5.41) is 3.85. The van der Waals surface area contributed by atoms with E-state index in [-0.39, 0.29) is 0 Å². The molecule has 1 N–H and O–H groups in total. The summed E-state index contributed by atoms with van der Waals surface area (Å²) in [7, 11) is 0. The Morgan fingerprint density at radius 1 is 1.44 bits per heavy atom. The van der Waals surface area contributed by atoms with Crippen LogP contribution in [0.4, 0.5) is 5.82 Å². The summed E-state index contributed by atoms with van der Waals surface area (Å²) in [6, 6.07) is 0.552. The number of fused-ring (bicyclic) bond motifs is 1. The van der Waals surface area contributed by atoms with Crippen molar-refractivity contribution in [3.05, 3.63) is 23.2 Å². The van der Waals surface area contributed by atoms with Crippen molar-refractivity contribution in [2.75, 3.05) is 5.32 Å². The van der Waals surface area contributed by atoms with Crippen LogP contribution in [-0.2, 0) is 6.42 Å². The minimum absolute atomic E-state index is 0.496. The topological polar surface area (TPSA) is 42.2 Å². The molecule has 0 bridgehead atoms. The van der Waals surface area contributed by atoms with Gasteiger partial charge in [0, 0.05) is 18.4 Å². The van der Waals surface area contributed by atoms with Crippen molar-refractivity contribution in [1.29, 1.82) is 0 Å². The Morgan fingerprint density at radius 3 is 2.94 bits per heavy atom. The largest absolute Gasteiger partial charge is 0.364 e. The molecule has 84 valence electrons. The summed E-state index contributed by atoms with van der Waals surface area (Å²) < 4.78 is 1.94. The molecule has 1 aliphatic rings. The molecule has 1 saturated carbocycles. The first-order valence-corrected chi connectivity index (χ1v) is 5.94. The zero-order valence-corrected chi connectivity index (χ0v) is 9.83. The molecule has 2 heterocycles. The summed E-state index contributed by atoms with van der Waals surface area (Å²) in [5.41, 5.74) is 1.93. The molecule has 1 aliphatic carbocycles. The number of aryl methyl sites for hydroxylation is 1. The average molecular weight is 237 g/mol. The van der Waals surface area contributed by atoms with Gasteiger partial charge in [-0.05, 0) is 19.3 Å². The Balaban J connectivity index is 2.11. The average Bonchev–Trinajstić information content (AvgIpc) is 2.95. The zero-order chi connectivity index (χ0) is 11.1. The second kappa shape index (κ2) is 3.63. The molecule has 0 amide bonds. The molecule has 0 spiro atoms. The van der Waals surface area contributed by atoms with Crippen LogP contribution in [0.1, 0.15) is 25.5 Å². The fourth-order valence-electron chi connectivity index (χ4n) is 1.71. The minimum Gasteiger partial charge on any atom is -0.364 e. The quantitative estimate of drug-likeness (QED) is 0.891. The summed E-state index contributed by atoms with van der Waals surface area (Å²) in [6.45, 7) is 2.09. The van der Waals surface area contributed by atoms with Crippen molar-refractivity contribution < 1.29 is 0 Å². The lowest BCUT2D eigenvalue weighted by atomic mass is 10.4. The van der Waals surface area contributed by atoms with E-state index in [9.17, 15) is 0 Å². The molecular weight excluding hydrogens is 224 g/mol. The van der Waals surface area contributed by atoms with Crippen LogP contribution in [0.5, 0.6) is 0 Å². The lowest BCUT2D eigenvalue weighted by Crippen LogP contribution is -2.05. The van der Waals surface area contributed by atoms with Crippen molar-refractivity contribution in [1.82, 2.24) is 14.4 Å². The van der Waals surface area contributed by atoms with E-state index in [0.29, 0.717) is 11.2 Å². The van der Waals surface area contributed by atoms with Gasteiger partial charge in [0.1, 0.15) is 5.15 Å². The van der Waals surface area contributed by atoms with Gasteiger partial charge in [0.15, 0.2) is 11.5 Å². The molecule has 3 rings (SSSR count). The highest BCUT2D eigenvalue weighted by atomic mass is 35.5. The van der Waals surface area contributed by atoms with Gasteiger partial charge in [0.2, 0.25) is 0 Å². The molecule has 1 fully saturated rings. The number of aromatic nitrogens is 3. The highest BCUT2D eigenvalue weighted by Gasteiger charge is 2.23. The molecule has 0 atom stereocenters. The monoisotopic (exact) mass is 236 g/mol. The van der Waals surface area contributed by atoms with Crippen molar-refractivity contribution in [2.45, 2.75) is 32.2 Å². The summed E-state index contributed by atoms with van der Waals surface area (Å²) in [4.78, 5) is 8.83. The fraction of sp³-hybridized carbons (Fsp3) is 0.455. The maximum atomic E-state index is 5.98. The maximum Gasteiger partial charge on any atom is 0.180 e. The number of anilines is 1. The van der Waals surface area contributed by atoms with Crippen LogP contribution in [0, 0.1) is 0 Å². The number of rotatable bonds is 3. The third kappa shape index (κ3) is 1.73. The number of nitrogens with one attached hydrogen (secondary N) is 1. The van der Waals surface area contributed by atoms with Crippen LogP contribution < -0.4 is 5.32 Å². The van der Waals surface area contributed by atoms with Crippen LogP contribution >= 0.6 is 11.6 Å². The number of hydrogen-bond acceptors (Lipinski definition) is 3. The van der Waals surface area contributed by atoms with Crippen LogP contribution in [0.3, 0.4) is 0 Å². The second-order valence-corrected chi connectivity index (χ2v) is 4.53. The SMILES string of the molecule is CCc1cn2cc(Cl)nc(NC3CC3)c2n1. The maximum absolute atomic E-state index is 5.98. The molecule has 2 aromatic heterocycles. The molecule has 0 unspecified atom stereocenters. The van der Waals surface area contributed by atoms with Crippen molar-refractivity contribution >= 4 is 23.1 Å². The number of imidazole rings is 1. The third-order valence-electron chi connectivity index (χ3n) is 2.74. The zero-order valence-electron chi connectivity index (χ0n) is 9.07. The lowest BCUT2D eigenvalue weighted by molar-refractivity contribution is 1.07. The summed E-state index contributed by atoms with van der Waals surface area (Å²) >= 11 is 5.98. The van der Waals surface area contributed by atoms with E-state index in [2.05, 4.69) is 22.2 Å². The molecular formula is C11H13ClN4. The van der Waals surface area contributed by atoms with E-state index in [4.69, 9.17) is 11.6 Å². The highest BCUT2D eigenvalue weighted by molar-refractivity contribution is 6.29. The van der Waals surface area contributed by atoms with Crippen LogP contribution in [0.2, 0.25) is 5.15 Å². The predicted octanol–water partition coefficient (Wildman–Crippen LogP) is 2.52. The van der Waals surface area contributed by atoms with E-state index in [1.165, 1.54) is 12.8 Å². The molecule has 0 radical (unpaired) electrons.